The van der Waals surface area contributed by atoms with Crippen molar-refractivity contribution >= 4 is 16.9 Å². The van der Waals surface area contributed by atoms with Crippen LogP contribution in [-0.2, 0) is 4.79 Å². The Hall–Kier alpha value is -0.190. The van der Waals surface area contributed by atoms with Crippen molar-refractivity contribution in [2.75, 3.05) is 5.75 Å². The normalized spacial score (nSPS) is 11.6. The molecule has 1 nitrogen and oxygen atoms in total. The minimum absolute atomic E-state index is 0.234. The Bertz CT molecular complexity index is 121. The van der Waals surface area contributed by atoms with Crippen LogP contribution < -0.4 is 0 Å². The van der Waals surface area contributed by atoms with Gasteiger partial charge < -0.3 is 0 Å². The second-order valence-corrected chi connectivity index (χ2v) is 2.70. The fourth-order valence-electron chi connectivity index (χ4n) is 0.277. The molecule has 0 unspecified atom stereocenters. The molecule has 0 aromatic rings. The number of halogens is 3. The lowest BCUT2D eigenvalue weighted by Gasteiger charge is -2.01. The number of carbonyl (C=O) groups excluding carboxylic acids is 1. The summed E-state index contributed by atoms with van der Waals surface area (Å²) in [4.78, 5) is 10.1. The molecule has 0 heterocycles. The summed E-state index contributed by atoms with van der Waals surface area (Å²) >= 11 is 0.319. The molecule has 60 valence electrons. The highest BCUT2D eigenvalue weighted by Gasteiger charge is 2.38. The van der Waals surface area contributed by atoms with Gasteiger partial charge in [-0.25, -0.2) is 0 Å². The van der Waals surface area contributed by atoms with Gasteiger partial charge in [0.25, 0.3) is 5.12 Å². The van der Waals surface area contributed by atoms with Gasteiger partial charge in [0.15, 0.2) is 0 Å². The summed E-state index contributed by atoms with van der Waals surface area (Å²) in [7, 11) is 0. The van der Waals surface area contributed by atoms with Crippen molar-refractivity contribution in [3.8, 4) is 0 Å². The molecule has 0 fully saturated rings. The summed E-state index contributed by atoms with van der Waals surface area (Å²) < 4.78 is 34.2. The van der Waals surface area contributed by atoms with Crippen LogP contribution in [0, 0.1) is 0 Å². The molecule has 0 rings (SSSR count). The van der Waals surface area contributed by atoms with Crippen LogP contribution in [0.2, 0.25) is 0 Å². The maximum absolute atomic E-state index is 11.4. The lowest BCUT2D eigenvalue weighted by Crippen LogP contribution is -2.19. The average Bonchev–Trinajstić information content (AvgIpc) is 1.80. The van der Waals surface area contributed by atoms with Crippen molar-refractivity contribution in [3.05, 3.63) is 0 Å². The van der Waals surface area contributed by atoms with Gasteiger partial charge in [0, 0.05) is 5.75 Å². The van der Waals surface area contributed by atoms with Crippen LogP contribution in [0.25, 0.3) is 0 Å². The molecule has 0 radical (unpaired) electrons. The molecule has 0 aliphatic heterocycles. The van der Waals surface area contributed by atoms with E-state index in [-0.39, 0.29) is 5.75 Å². The van der Waals surface area contributed by atoms with E-state index in [9.17, 15) is 18.0 Å². The van der Waals surface area contributed by atoms with Gasteiger partial charge in [-0.15, -0.1) is 0 Å². The lowest BCUT2D eigenvalue weighted by molar-refractivity contribution is -0.160. The van der Waals surface area contributed by atoms with Crippen LogP contribution in [0.15, 0.2) is 0 Å². The van der Waals surface area contributed by atoms with E-state index in [4.69, 9.17) is 0 Å². The largest absolute Gasteiger partial charge is 0.460 e. The predicted molar refractivity (Wildman–Crippen MR) is 33.8 cm³/mol. The number of thioether (sulfide) groups is 1. The predicted octanol–water partition coefficient (Wildman–Crippen LogP) is 2.22. The summed E-state index contributed by atoms with van der Waals surface area (Å²) in [6, 6.07) is 0. The molecule has 0 aromatic heterocycles. The molecule has 0 saturated heterocycles. The highest BCUT2D eigenvalue weighted by molar-refractivity contribution is 8.13. The van der Waals surface area contributed by atoms with Crippen molar-refractivity contribution in [2.24, 2.45) is 0 Å². The number of rotatable bonds is 2. The first kappa shape index (κ1) is 9.81. The van der Waals surface area contributed by atoms with E-state index in [0.29, 0.717) is 18.2 Å². The summed E-state index contributed by atoms with van der Waals surface area (Å²) in [6.07, 6.45) is -4.09. The van der Waals surface area contributed by atoms with Crippen LogP contribution in [0.1, 0.15) is 13.3 Å². The first-order valence-corrected chi connectivity index (χ1v) is 3.71. The molecule has 0 spiro atoms. The van der Waals surface area contributed by atoms with Gasteiger partial charge >= 0.3 is 6.18 Å². The second-order valence-electron chi connectivity index (χ2n) is 1.63. The molecular weight excluding hydrogens is 165 g/mol. The maximum atomic E-state index is 11.4. The van der Waals surface area contributed by atoms with Gasteiger partial charge in [-0.3, -0.25) is 4.79 Å². The third kappa shape index (κ3) is 3.76. The Kier molecular flexibility index (Phi) is 3.78. The van der Waals surface area contributed by atoms with Gasteiger partial charge in [0.1, 0.15) is 0 Å². The molecule has 0 saturated carbocycles. The smallest absolute Gasteiger partial charge is 0.277 e. The highest BCUT2D eigenvalue weighted by Crippen LogP contribution is 2.23. The van der Waals surface area contributed by atoms with Crippen LogP contribution in [-0.4, -0.2) is 17.0 Å². The van der Waals surface area contributed by atoms with Gasteiger partial charge in [0.2, 0.25) is 0 Å². The van der Waals surface area contributed by atoms with E-state index in [0.717, 1.165) is 0 Å². The van der Waals surface area contributed by atoms with Crippen LogP contribution >= 0.6 is 11.8 Å². The standard InChI is InChI=1S/C5H7F3OS/c1-2-3-10-4(9)5(6,7)8/h2-3H2,1H3. The third-order valence-corrected chi connectivity index (χ3v) is 1.77. The summed E-state index contributed by atoms with van der Waals surface area (Å²) in [6.45, 7) is 1.72. The Balaban J connectivity index is 3.64. The molecule has 0 amide bonds. The minimum atomic E-state index is -4.67. The molecule has 0 atom stereocenters. The quantitative estimate of drug-likeness (QED) is 0.635. The second kappa shape index (κ2) is 3.85. The van der Waals surface area contributed by atoms with Crippen molar-refractivity contribution < 1.29 is 18.0 Å². The van der Waals surface area contributed by atoms with E-state index in [1.165, 1.54) is 0 Å². The Morgan fingerprint density at radius 3 is 2.30 bits per heavy atom. The van der Waals surface area contributed by atoms with E-state index < -0.39 is 11.3 Å². The first-order valence-electron chi connectivity index (χ1n) is 2.72. The number of carbonyl (C=O) groups is 1. The fraction of sp³-hybridized carbons (Fsp3) is 0.800. The minimum Gasteiger partial charge on any atom is -0.277 e. The fourth-order valence-corrected chi connectivity index (χ4v) is 0.830. The van der Waals surface area contributed by atoms with Crippen molar-refractivity contribution in [2.45, 2.75) is 19.5 Å². The van der Waals surface area contributed by atoms with E-state index in [1.54, 1.807) is 6.92 Å². The maximum Gasteiger partial charge on any atom is 0.460 e. The zero-order chi connectivity index (χ0) is 8.20. The molecule has 0 N–H and O–H groups in total. The SMILES string of the molecule is CCCSC(=O)C(F)(F)F. The molecule has 0 bridgehead atoms. The Morgan fingerprint density at radius 1 is 1.50 bits per heavy atom. The van der Waals surface area contributed by atoms with Crippen molar-refractivity contribution in [1.82, 2.24) is 0 Å². The van der Waals surface area contributed by atoms with Crippen molar-refractivity contribution in [3.63, 3.8) is 0 Å². The Labute approximate surface area is 61.0 Å². The summed E-state index contributed by atoms with van der Waals surface area (Å²) in [5, 5.41) is -1.70. The molecule has 0 aliphatic rings. The number of hydrogen-bond donors (Lipinski definition) is 0. The van der Waals surface area contributed by atoms with Crippen LogP contribution in [0.4, 0.5) is 13.2 Å². The monoisotopic (exact) mass is 172 g/mol. The molecular formula is C5H7F3OS. The van der Waals surface area contributed by atoms with Gasteiger partial charge in [0.05, 0.1) is 0 Å². The van der Waals surface area contributed by atoms with Gasteiger partial charge in [-0.1, -0.05) is 18.7 Å². The van der Waals surface area contributed by atoms with E-state index in [1.807, 2.05) is 0 Å². The highest BCUT2D eigenvalue weighted by atomic mass is 32.2. The number of hydrogen-bond acceptors (Lipinski definition) is 2. The molecule has 0 aromatic carbocycles. The molecule has 10 heavy (non-hydrogen) atoms. The van der Waals surface area contributed by atoms with E-state index >= 15 is 0 Å². The first-order chi connectivity index (χ1) is 4.48. The Morgan fingerprint density at radius 2 is 2.00 bits per heavy atom. The third-order valence-electron chi connectivity index (χ3n) is 0.669. The lowest BCUT2D eigenvalue weighted by atomic mass is 10.6. The molecule has 5 heteroatoms. The van der Waals surface area contributed by atoms with Gasteiger partial charge in [-0.05, 0) is 6.42 Å². The zero-order valence-corrected chi connectivity index (χ0v) is 6.18. The van der Waals surface area contributed by atoms with Crippen molar-refractivity contribution in [1.29, 1.82) is 0 Å². The number of alkyl halides is 3. The summed E-state index contributed by atoms with van der Waals surface area (Å²) in [5.41, 5.74) is 0. The molecule has 0 aliphatic carbocycles. The van der Waals surface area contributed by atoms with Crippen LogP contribution in [0.5, 0.6) is 0 Å². The van der Waals surface area contributed by atoms with Gasteiger partial charge in [-0.2, -0.15) is 13.2 Å². The van der Waals surface area contributed by atoms with Crippen LogP contribution in [0.3, 0.4) is 0 Å². The average molecular weight is 172 g/mol. The summed E-state index contributed by atoms with van der Waals surface area (Å²) in [5.74, 6) is 0.234. The van der Waals surface area contributed by atoms with E-state index in [2.05, 4.69) is 0 Å². The topological polar surface area (TPSA) is 17.1 Å². The zero-order valence-electron chi connectivity index (χ0n) is 5.36.